The highest BCUT2D eigenvalue weighted by Gasteiger charge is 2.52. The summed E-state index contributed by atoms with van der Waals surface area (Å²) in [5.74, 6) is 0. The molecule has 0 unspecified atom stereocenters. The summed E-state index contributed by atoms with van der Waals surface area (Å²) in [6, 6.07) is 40.6. The van der Waals surface area contributed by atoms with Gasteiger partial charge in [0.15, 0.2) is 0 Å². The summed E-state index contributed by atoms with van der Waals surface area (Å²) in [6.07, 6.45) is 0. The van der Waals surface area contributed by atoms with E-state index in [4.69, 9.17) is 44.1 Å². The van der Waals surface area contributed by atoms with Gasteiger partial charge in [-0.3, -0.25) is 0 Å². The highest BCUT2D eigenvalue weighted by atomic mass is 127. The summed E-state index contributed by atoms with van der Waals surface area (Å²) in [7, 11) is -0.426. The van der Waals surface area contributed by atoms with E-state index in [9.17, 15) is 0 Å². The average molecular weight is 1630 g/mol. The molecular formula is C67H65BBr4Cl3I2N3O2. The maximum absolute atomic E-state index is 6.86. The maximum atomic E-state index is 6.86. The number of hydrogen-bond donors (Lipinski definition) is 3. The molecule has 12 rings (SSSR count). The quantitative estimate of drug-likeness (QED) is 0.0938. The van der Waals surface area contributed by atoms with E-state index in [0.29, 0.717) is 0 Å². The Morgan fingerprint density at radius 1 is 0.415 bits per heavy atom. The van der Waals surface area contributed by atoms with E-state index in [1.165, 1.54) is 23.8 Å². The first-order valence-corrected chi connectivity index (χ1v) is 33.1. The molecule has 8 aromatic carbocycles. The summed E-state index contributed by atoms with van der Waals surface area (Å²) in [5, 5.41) is 8.77. The molecule has 0 atom stereocenters. The van der Waals surface area contributed by atoms with Gasteiger partial charge in [-0.05, 0) is 228 Å². The Morgan fingerprint density at radius 3 is 1.07 bits per heavy atom. The molecule has 4 heterocycles. The Morgan fingerprint density at radius 2 is 0.732 bits per heavy atom. The second kappa shape index (κ2) is 23.5. The molecule has 1 saturated heterocycles. The average Bonchev–Trinajstić information content (AvgIpc) is 2.31. The Hall–Kier alpha value is -2.61. The molecule has 0 spiro atoms. The van der Waals surface area contributed by atoms with E-state index in [-0.39, 0.29) is 34.9 Å². The predicted octanol–water partition coefficient (Wildman–Crippen LogP) is 24.3. The Kier molecular flexibility index (Phi) is 18.3. The fourth-order valence-corrected chi connectivity index (χ4v) is 14.8. The summed E-state index contributed by atoms with van der Waals surface area (Å²) in [5.41, 5.74) is 14.8. The third-order valence-corrected chi connectivity index (χ3v) is 22.7. The van der Waals surface area contributed by atoms with Gasteiger partial charge in [0.05, 0.1) is 37.3 Å². The molecule has 426 valence electrons. The van der Waals surface area contributed by atoms with Gasteiger partial charge in [0, 0.05) is 96.0 Å². The fraction of sp³-hybridized carbons (Fsp3) is 0.284. The van der Waals surface area contributed by atoms with Crippen molar-refractivity contribution in [2.75, 3.05) is 0 Å². The van der Waals surface area contributed by atoms with Crippen molar-refractivity contribution in [2.45, 2.75) is 125 Å². The van der Waals surface area contributed by atoms with Crippen molar-refractivity contribution in [3.05, 3.63) is 172 Å². The number of rotatable bonds is 3. The van der Waals surface area contributed by atoms with Crippen LogP contribution < -0.4 is 5.46 Å². The van der Waals surface area contributed by atoms with Crippen LogP contribution >= 0.6 is 144 Å². The van der Waals surface area contributed by atoms with Crippen LogP contribution in [0.25, 0.3) is 87.7 Å². The van der Waals surface area contributed by atoms with Crippen molar-refractivity contribution in [1.82, 2.24) is 15.0 Å². The molecule has 0 bridgehead atoms. The van der Waals surface area contributed by atoms with Crippen LogP contribution in [0.4, 0.5) is 0 Å². The predicted molar refractivity (Wildman–Crippen MR) is 388 cm³/mol. The first-order chi connectivity index (χ1) is 37.7. The Balaban J connectivity index is 0.000000180. The highest BCUT2D eigenvalue weighted by Crippen LogP contribution is 2.47. The second-order valence-corrected chi connectivity index (χ2v) is 32.0. The molecule has 5 nitrogen and oxygen atoms in total. The van der Waals surface area contributed by atoms with Crippen molar-refractivity contribution >= 4 is 222 Å². The zero-order valence-electron chi connectivity index (χ0n) is 47.3. The third kappa shape index (κ3) is 12.2. The lowest BCUT2D eigenvalue weighted by Gasteiger charge is -2.32. The van der Waals surface area contributed by atoms with E-state index in [1.54, 1.807) is 0 Å². The van der Waals surface area contributed by atoms with Crippen molar-refractivity contribution in [1.29, 1.82) is 0 Å². The van der Waals surface area contributed by atoms with Gasteiger partial charge < -0.3 is 24.3 Å². The molecule has 1 fully saturated rings. The van der Waals surface area contributed by atoms with Crippen LogP contribution in [0.15, 0.2) is 133 Å². The molecule has 0 saturated carbocycles. The molecule has 15 heteroatoms. The molecule has 0 radical (unpaired) electrons. The Bertz CT molecular complexity index is 4110. The standard InChI is InChI=1S/C38H32Br2Cl2N2.C22H27BClNO2.C6H2Br2I2.CH4/c1-37(2,3)19-7-13-31-25(15-19)33-29(41)11-9-21(35(33)43-31)23-17-28(40)24(18-27(23)39)22-10-12-30(42)34-26-16-20(38(4,5)6)8-14-32(26)44-36(22)34;1-20(2,3)13-8-11-17-14(12-13)18-16(24)10-9-15(19(18)25-17)23-26-21(4,5)22(6,7)27-23;7-3-1-5(9)4(8)2-6(3)10;/h7-18,43-44H,1-6H3;8-12,25H,1-7H3;1-2H;1H4. The summed E-state index contributed by atoms with van der Waals surface area (Å²) in [4.78, 5) is 10.9. The van der Waals surface area contributed by atoms with Gasteiger partial charge in [-0.2, -0.15) is 0 Å². The topological polar surface area (TPSA) is 65.8 Å². The number of fused-ring (bicyclic) bond motifs is 9. The van der Waals surface area contributed by atoms with Crippen molar-refractivity contribution in [3.63, 3.8) is 0 Å². The molecule has 1 aliphatic rings. The van der Waals surface area contributed by atoms with Gasteiger partial charge in [0.25, 0.3) is 0 Å². The fourth-order valence-electron chi connectivity index (χ4n) is 10.4. The van der Waals surface area contributed by atoms with E-state index in [0.717, 1.165) is 126 Å². The summed E-state index contributed by atoms with van der Waals surface area (Å²) in [6.45, 7) is 28.4. The van der Waals surface area contributed by atoms with Crippen LogP contribution in [0.2, 0.25) is 15.1 Å². The van der Waals surface area contributed by atoms with Crippen LogP contribution in [0.3, 0.4) is 0 Å². The van der Waals surface area contributed by atoms with Gasteiger partial charge in [0.2, 0.25) is 0 Å². The number of aromatic amines is 3. The van der Waals surface area contributed by atoms with Crippen molar-refractivity contribution < 1.29 is 9.31 Å². The second-order valence-electron chi connectivity index (χ2n) is 25.1. The van der Waals surface area contributed by atoms with E-state index in [2.05, 4.69) is 305 Å². The number of nitrogens with one attached hydrogen (secondary N) is 3. The van der Waals surface area contributed by atoms with E-state index < -0.39 is 7.12 Å². The van der Waals surface area contributed by atoms with E-state index >= 15 is 0 Å². The van der Waals surface area contributed by atoms with Crippen LogP contribution in [0.1, 0.15) is 114 Å². The number of benzene rings is 8. The first-order valence-electron chi connectivity index (χ1n) is 26.6. The van der Waals surface area contributed by atoms with Crippen LogP contribution in [0, 0.1) is 7.14 Å². The summed E-state index contributed by atoms with van der Waals surface area (Å²) >= 11 is 39.7. The van der Waals surface area contributed by atoms with Crippen LogP contribution in [0.5, 0.6) is 0 Å². The molecule has 82 heavy (non-hydrogen) atoms. The van der Waals surface area contributed by atoms with Crippen molar-refractivity contribution in [2.24, 2.45) is 0 Å². The van der Waals surface area contributed by atoms with Crippen molar-refractivity contribution in [3.8, 4) is 22.3 Å². The summed E-state index contributed by atoms with van der Waals surface area (Å²) < 4.78 is 19.3. The molecule has 3 N–H and O–H groups in total. The lowest BCUT2D eigenvalue weighted by atomic mass is 9.77. The van der Waals surface area contributed by atoms with E-state index in [1.807, 2.05) is 24.3 Å². The van der Waals surface area contributed by atoms with Gasteiger partial charge in [-0.1, -0.05) is 173 Å². The number of halogens is 9. The lowest BCUT2D eigenvalue weighted by Crippen LogP contribution is -2.41. The molecule has 1 aliphatic heterocycles. The van der Waals surface area contributed by atoms with Crippen LogP contribution in [-0.4, -0.2) is 33.3 Å². The monoisotopic (exact) mass is 1630 g/mol. The zero-order chi connectivity index (χ0) is 58.8. The number of hydrogen-bond acceptors (Lipinski definition) is 2. The minimum Gasteiger partial charge on any atom is -0.399 e. The zero-order valence-corrected chi connectivity index (χ0v) is 60.2. The van der Waals surface area contributed by atoms with Gasteiger partial charge in [-0.25, -0.2) is 0 Å². The molecule has 0 amide bonds. The minimum absolute atomic E-state index is 0. The lowest BCUT2D eigenvalue weighted by molar-refractivity contribution is 0.00578. The Labute approximate surface area is 558 Å². The van der Waals surface area contributed by atoms with Crippen LogP contribution in [-0.2, 0) is 25.6 Å². The van der Waals surface area contributed by atoms with Gasteiger partial charge >= 0.3 is 7.12 Å². The van der Waals surface area contributed by atoms with Gasteiger partial charge in [-0.15, -0.1) is 0 Å². The minimum atomic E-state index is -0.426. The maximum Gasteiger partial charge on any atom is 0.497 e. The molecule has 11 aromatic rings. The van der Waals surface area contributed by atoms with Gasteiger partial charge in [0.1, 0.15) is 0 Å². The smallest absolute Gasteiger partial charge is 0.399 e. The molecule has 3 aromatic heterocycles. The molecular weight excluding hydrogens is 1570 g/mol. The first kappa shape index (κ1) is 63.9. The SMILES string of the molecule is Brc1cc(I)c(Br)cc1I.C.CC(C)(C)c1ccc2[nH]c3c(-c4cc(Br)c(-c5ccc(Cl)c6c5[nH]c5ccc(C(C)(C)C)cc56)cc4Br)ccc(Cl)c3c2c1.CC(C)(C)c1ccc2[nH]c3c(B4OC(C)(C)C(C)(C)O4)ccc(Cl)c3c2c1. The normalized spacial score (nSPS) is 14.4. The highest BCUT2D eigenvalue weighted by molar-refractivity contribution is 14.1. The largest absolute Gasteiger partial charge is 0.497 e. The molecule has 0 aliphatic carbocycles. The number of H-pyrrole nitrogens is 3. The number of aromatic nitrogens is 3. The third-order valence-electron chi connectivity index (χ3n) is 15.8.